The second-order valence-electron chi connectivity index (χ2n) is 6.46. The molecule has 4 rings (SSSR count). The van der Waals surface area contributed by atoms with Crippen molar-refractivity contribution in [3.63, 3.8) is 0 Å². The van der Waals surface area contributed by atoms with E-state index in [2.05, 4.69) is 59.7 Å². The van der Waals surface area contributed by atoms with Crippen LogP contribution in [0, 0.1) is 13.8 Å². The largest absolute Gasteiger partial charge is 0.308 e. The lowest BCUT2D eigenvalue weighted by Crippen LogP contribution is -2.14. The fourth-order valence-corrected chi connectivity index (χ4v) is 3.78. The quantitative estimate of drug-likeness (QED) is 0.532. The van der Waals surface area contributed by atoms with Crippen LogP contribution in [-0.4, -0.2) is 16.1 Å². The number of rotatable bonds is 4. The normalized spacial score (nSPS) is 11.0. The zero-order valence-corrected chi connectivity index (χ0v) is 15.5. The molecule has 2 aromatic carbocycles. The van der Waals surface area contributed by atoms with Crippen molar-refractivity contribution in [3.8, 4) is 11.1 Å². The molecule has 5 heteroatoms. The number of carbonyl (C=O) groups excluding carboxylic acids is 1. The predicted molar refractivity (Wildman–Crippen MR) is 108 cm³/mol. The van der Waals surface area contributed by atoms with Crippen molar-refractivity contribution in [2.75, 3.05) is 5.32 Å². The van der Waals surface area contributed by atoms with Gasteiger partial charge in [0.15, 0.2) is 5.82 Å². The number of amides is 1. The molecule has 0 saturated heterocycles. The fraction of sp³-hybridized carbons (Fsp3) is 0.143. The first-order valence-corrected chi connectivity index (χ1v) is 9.36. The lowest BCUT2D eigenvalue weighted by Gasteiger charge is -2.08. The number of benzene rings is 2. The van der Waals surface area contributed by atoms with Gasteiger partial charge in [0.1, 0.15) is 0 Å². The molecule has 2 aromatic heterocycles. The molecule has 26 heavy (non-hydrogen) atoms. The molecule has 0 bridgehead atoms. The maximum absolute atomic E-state index is 12.2. The van der Waals surface area contributed by atoms with E-state index in [1.165, 1.54) is 16.7 Å². The summed E-state index contributed by atoms with van der Waals surface area (Å²) in [5.74, 6) is 0.522. The van der Waals surface area contributed by atoms with Gasteiger partial charge >= 0.3 is 0 Å². The number of nitrogens with one attached hydrogen (secondary N) is 2. The smallest absolute Gasteiger partial charge is 0.230 e. The van der Waals surface area contributed by atoms with E-state index in [4.69, 9.17) is 0 Å². The number of anilines is 1. The van der Waals surface area contributed by atoms with E-state index in [0.717, 1.165) is 21.3 Å². The summed E-state index contributed by atoms with van der Waals surface area (Å²) in [5, 5.41) is 13.1. The van der Waals surface area contributed by atoms with Crippen LogP contribution in [0.15, 0.2) is 53.9 Å². The number of thiophene rings is 1. The zero-order valence-electron chi connectivity index (χ0n) is 14.7. The van der Waals surface area contributed by atoms with Gasteiger partial charge in [-0.15, -0.1) is 11.3 Å². The molecule has 0 spiro atoms. The molecule has 0 aliphatic rings. The average Bonchev–Trinajstić information content (AvgIpc) is 3.27. The maximum atomic E-state index is 12.2. The Hall–Kier alpha value is -2.92. The lowest BCUT2D eigenvalue weighted by molar-refractivity contribution is -0.115. The number of hydrogen-bond acceptors (Lipinski definition) is 3. The molecule has 0 aliphatic carbocycles. The van der Waals surface area contributed by atoms with E-state index in [1.54, 1.807) is 11.3 Å². The third kappa shape index (κ3) is 3.26. The summed E-state index contributed by atoms with van der Waals surface area (Å²) in [5.41, 5.74) is 5.73. The number of aromatic amines is 1. The standard InChI is InChI=1S/C21H19N3OS/c1-13-5-6-14(2)18(10-13)15-7-8-17-19(11-15)23-24-21(17)22-20(25)12-16-4-3-9-26-16/h3-11H,12H2,1-2H3,(H2,22,23,24,25). The number of carbonyl (C=O) groups is 1. The van der Waals surface area contributed by atoms with E-state index in [-0.39, 0.29) is 5.91 Å². The molecular formula is C21H19N3OS. The highest BCUT2D eigenvalue weighted by molar-refractivity contribution is 7.10. The highest BCUT2D eigenvalue weighted by atomic mass is 32.1. The van der Waals surface area contributed by atoms with Gasteiger partial charge in [-0.25, -0.2) is 0 Å². The Morgan fingerprint density at radius 1 is 1.15 bits per heavy atom. The molecule has 2 heterocycles. The molecule has 1 amide bonds. The van der Waals surface area contributed by atoms with Crippen molar-refractivity contribution in [2.24, 2.45) is 0 Å². The van der Waals surface area contributed by atoms with Crippen LogP contribution < -0.4 is 5.32 Å². The van der Waals surface area contributed by atoms with Gasteiger partial charge in [0.25, 0.3) is 0 Å². The van der Waals surface area contributed by atoms with Gasteiger partial charge in [-0.05, 0) is 54.1 Å². The van der Waals surface area contributed by atoms with Gasteiger partial charge < -0.3 is 5.32 Å². The lowest BCUT2D eigenvalue weighted by atomic mass is 9.98. The van der Waals surface area contributed by atoms with Gasteiger partial charge in [0.05, 0.1) is 11.9 Å². The van der Waals surface area contributed by atoms with Crippen LogP contribution in [0.1, 0.15) is 16.0 Å². The van der Waals surface area contributed by atoms with Crippen molar-refractivity contribution < 1.29 is 4.79 Å². The molecule has 0 aliphatic heterocycles. The highest BCUT2D eigenvalue weighted by Crippen LogP contribution is 2.29. The van der Waals surface area contributed by atoms with E-state index >= 15 is 0 Å². The summed E-state index contributed by atoms with van der Waals surface area (Å²) in [6, 6.07) is 16.5. The SMILES string of the molecule is Cc1ccc(C)c(-c2ccc3c(NC(=O)Cc4cccs4)n[nH]c3c2)c1. The van der Waals surface area contributed by atoms with E-state index in [9.17, 15) is 4.79 Å². The van der Waals surface area contributed by atoms with Crippen molar-refractivity contribution in [2.45, 2.75) is 20.3 Å². The van der Waals surface area contributed by atoms with Crippen LogP contribution in [0.5, 0.6) is 0 Å². The van der Waals surface area contributed by atoms with Gasteiger partial charge in [-0.3, -0.25) is 9.89 Å². The minimum Gasteiger partial charge on any atom is -0.308 e. The van der Waals surface area contributed by atoms with Crippen LogP contribution in [0.4, 0.5) is 5.82 Å². The molecule has 2 N–H and O–H groups in total. The number of nitrogens with zero attached hydrogens (tertiary/aromatic N) is 1. The Kier molecular flexibility index (Phi) is 4.31. The van der Waals surface area contributed by atoms with Crippen LogP contribution >= 0.6 is 11.3 Å². The Labute approximate surface area is 155 Å². The summed E-state index contributed by atoms with van der Waals surface area (Å²) in [7, 11) is 0. The van der Waals surface area contributed by atoms with Crippen molar-refractivity contribution in [3.05, 3.63) is 69.9 Å². The summed E-state index contributed by atoms with van der Waals surface area (Å²) in [6.07, 6.45) is 0.368. The molecule has 0 atom stereocenters. The molecule has 0 fully saturated rings. The van der Waals surface area contributed by atoms with Crippen molar-refractivity contribution in [1.82, 2.24) is 10.2 Å². The molecular weight excluding hydrogens is 342 g/mol. The van der Waals surface area contributed by atoms with Crippen LogP contribution in [0.2, 0.25) is 0 Å². The van der Waals surface area contributed by atoms with Crippen LogP contribution in [0.3, 0.4) is 0 Å². The monoisotopic (exact) mass is 361 g/mol. The summed E-state index contributed by atoms with van der Waals surface area (Å²) >= 11 is 1.58. The molecule has 4 aromatic rings. The molecule has 0 radical (unpaired) electrons. The third-order valence-corrected chi connectivity index (χ3v) is 5.32. The Bertz CT molecular complexity index is 1080. The highest BCUT2D eigenvalue weighted by Gasteiger charge is 2.12. The fourth-order valence-electron chi connectivity index (χ4n) is 3.08. The van der Waals surface area contributed by atoms with E-state index in [1.807, 2.05) is 23.6 Å². The zero-order chi connectivity index (χ0) is 18.1. The number of H-pyrrole nitrogens is 1. The minimum absolute atomic E-state index is 0.0561. The Morgan fingerprint density at radius 2 is 2.04 bits per heavy atom. The Morgan fingerprint density at radius 3 is 2.85 bits per heavy atom. The topological polar surface area (TPSA) is 57.8 Å². The van der Waals surface area contributed by atoms with Crippen LogP contribution in [0.25, 0.3) is 22.0 Å². The van der Waals surface area contributed by atoms with Crippen molar-refractivity contribution in [1.29, 1.82) is 0 Å². The summed E-state index contributed by atoms with van der Waals surface area (Å²) in [4.78, 5) is 13.3. The second kappa shape index (κ2) is 6.77. The molecule has 130 valence electrons. The average molecular weight is 361 g/mol. The van der Waals surface area contributed by atoms with Gasteiger partial charge in [0.2, 0.25) is 5.91 Å². The number of aromatic nitrogens is 2. The maximum Gasteiger partial charge on any atom is 0.230 e. The minimum atomic E-state index is -0.0561. The predicted octanol–water partition coefficient (Wildman–Crippen LogP) is 5.09. The van der Waals surface area contributed by atoms with Crippen LogP contribution in [-0.2, 0) is 11.2 Å². The van der Waals surface area contributed by atoms with Gasteiger partial charge in [0, 0.05) is 10.3 Å². The summed E-state index contributed by atoms with van der Waals surface area (Å²) < 4.78 is 0. The summed E-state index contributed by atoms with van der Waals surface area (Å²) in [6.45, 7) is 4.21. The number of fused-ring (bicyclic) bond motifs is 1. The molecule has 0 unspecified atom stereocenters. The Balaban J connectivity index is 1.61. The third-order valence-electron chi connectivity index (χ3n) is 4.44. The number of aryl methyl sites for hydroxylation is 2. The first-order chi connectivity index (χ1) is 12.6. The van der Waals surface area contributed by atoms with Crippen molar-refractivity contribution >= 4 is 34.0 Å². The molecule has 0 saturated carbocycles. The second-order valence-corrected chi connectivity index (χ2v) is 7.49. The van der Waals surface area contributed by atoms with E-state index in [0.29, 0.717) is 12.2 Å². The van der Waals surface area contributed by atoms with Gasteiger partial charge in [-0.1, -0.05) is 35.9 Å². The van der Waals surface area contributed by atoms with Gasteiger partial charge in [-0.2, -0.15) is 5.10 Å². The number of hydrogen-bond donors (Lipinski definition) is 2. The molecule has 4 nitrogen and oxygen atoms in total. The van der Waals surface area contributed by atoms with E-state index < -0.39 is 0 Å². The first kappa shape index (κ1) is 16.5. The first-order valence-electron chi connectivity index (χ1n) is 8.48.